The number of carbonyl (C=O) groups excluding carboxylic acids is 1. The molecule has 0 radical (unpaired) electrons. The van der Waals surface area contributed by atoms with Crippen molar-refractivity contribution in [2.45, 2.75) is 69.8 Å². The van der Waals surface area contributed by atoms with E-state index in [0.717, 1.165) is 49.9 Å². The second-order valence-electron chi connectivity index (χ2n) is 10.7. The van der Waals surface area contributed by atoms with E-state index in [1.807, 2.05) is 0 Å². The molecule has 3 heterocycles. The van der Waals surface area contributed by atoms with E-state index in [1.54, 1.807) is 11.0 Å². The molecule has 2 aliphatic heterocycles. The summed E-state index contributed by atoms with van der Waals surface area (Å²) in [6.07, 6.45) is 1.96. The third-order valence-electron chi connectivity index (χ3n) is 8.66. The number of nitrogens with one attached hydrogen (secondary N) is 1. The Kier molecular flexibility index (Phi) is 5.74. The predicted molar refractivity (Wildman–Crippen MR) is 124 cm³/mol. The number of benzene rings is 1. The molecule has 2 saturated carbocycles. The summed E-state index contributed by atoms with van der Waals surface area (Å²) < 4.78 is 59.3. The normalized spacial score (nSPS) is 29.3. The summed E-state index contributed by atoms with van der Waals surface area (Å²) in [7, 11) is 0. The molecule has 2 aromatic rings. The number of carbonyl (C=O) groups is 1. The number of nitrogens with zero attached hydrogens (tertiary/aromatic N) is 2. The van der Waals surface area contributed by atoms with Crippen LogP contribution in [0.3, 0.4) is 0 Å². The van der Waals surface area contributed by atoms with Crippen LogP contribution in [-0.4, -0.2) is 35.0 Å². The molecule has 9 heteroatoms. The minimum Gasteiger partial charge on any atom is -0.493 e. The molecule has 4 aliphatic rings. The van der Waals surface area contributed by atoms with Gasteiger partial charge in [-0.2, -0.15) is 13.2 Å². The van der Waals surface area contributed by atoms with Crippen LogP contribution < -0.4 is 10.1 Å². The van der Waals surface area contributed by atoms with Gasteiger partial charge in [0.25, 0.3) is 0 Å². The number of aromatic nitrogens is 1. The number of pyridine rings is 1. The zero-order valence-electron chi connectivity index (χ0n) is 19.9. The van der Waals surface area contributed by atoms with E-state index in [4.69, 9.17) is 4.74 Å². The maximum atomic E-state index is 14.0. The molecule has 1 aromatic carbocycles. The van der Waals surface area contributed by atoms with Crippen molar-refractivity contribution in [3.05, 3.63) is 58.7 Å². The third-order valence-corrected chi connectivity index (χ3v) is 8.66. The number of halogens is 4. The Labute approximate surface area is 207 Å². The second-order valence-corrected chi connectivity index (χ2v) is 10.7. The summed E-state index contributed by atoms with van der Waals surface area (Å²) in [5.74, 6) is 0.712. The third kappa shape index (κ3) is 4.05. The Balaban J connectivity index is 1.20. The van der Waals surface area contributed by atoms with Crippen molar-refractivity contribution in [3.8, 4) is 5.75 Å². The van der Waals surface area contributed by atoms with Gasteiger partial charge in [0.15, 0.2) is 0 Å². The monoisotopic (exact) mass is 503 g/mol. The Morgan fingerprint density at radius 2 is 2.08 bits per heavy atom. The lowest BCUT2D eigenvalue weighted by Gasteiger charge is -2.37. The minimum absolute atomic E-state index is 0.0332. The van der Waals surface area contributed by atoms with Crippen LogP contribution in [0.1, 0.15) is 67.0 Å². The van der Waals surface area contributed by atoms with Gasteiger partial charge in [0.1, 0.15) is 11.6 Å². The molecule has 6 rings (SSSR count). The van der Waals surface area contributed by atoms with E-state index < -0.39 is 17.2 Å². The highest BCUT2D eigenvalue weighted by molar-refractivity contribution is 5.84. The van der Waals surface area contributed by atoms with Gasteiger partial charge in [-0.1, -0.05) is 6.42 Å². The highest BCUT2D eigenvalue weighted by Crippen LogP contribution is 2.56. The van der Waals surface area contributed by atoms with Gasteiger partial charge in [0.2, 0.25) is 5.91 Å². The van der Waals surface area contributed by atoms with Crippen LogP contribution in [-0.2, 0) is 23.9 Å². The first-order valence-electron chi connectivity index (χ1n) is 12.8. The van der Waals surface area contributed by atoms with Gasteiger partial charge in [-0.3, -0.25) is 9.78 Å². The Bertz CT molecular complexity index is 1190. The molecule has 0 unspecified atom stereocenters. The molecule has 2 fully saturated rings. The minimum atomic E-state index is -4.46. The first kappa shape index (κ1) is 23.7. The number of hydrogen-bond acceptors (Lipinski definition) is 4. The molecule has 1 N–H and O–H groups in total. The maximum Gasteiger partial charge on any atom is 0.417 e. The van der Waals surface area contributed by atoms with Crippen LogP contribution in [0.4, 0.5) is 17.6 Å². The van der Waals surface area contributed by atoms with Gasteiger partial charge >= 0.3 is 6.18 Å². The van der Waals surface area contributed by atoms with Crippen molar-refractivity contribution >= 4 is 5.91 Å². The molecule has 1 aromatic heterocycles. The molecule has 0 saturated heterocycles. The van der Waals surface area contributed by atoms with E-state index in [9.17, 15) is 22.4 Å². The molecule has 0 spiro atoms. The van der Waals surface area contributed by atoms with Crippen LogP contribution >= 0.6 is 0 Å². The predicted octanol–water partition coefficient (Wildman–Crippen LogP) is 5.19. The average Bonchev–Trinajstić information content (AvgIpc) is 3.40. The number of ether oxygens (including phenoxy) is 1. The summed E-state index contributed by atoms with van der Waals surface area (Å²) in [6.45, 7) is 1.20. The van der Waals surface area contributed by atoms with E-state index in [-0.39, 0.29) is 36.3 Å². The van der Waals surface area contributed by atoms with E-state index in [0.29, 0.717) is 43.0 Å². The SMILES string of the molecule is O=C(N1CCc2ncc(C(F)(F)F)cc2C1)[C@@]12CCC[C@@H]1C[C@@H](N[C@H]1CCOc3ccc(F)cc31)C2. The number of alkyl halides is 3. The highest BCUT2D eigenvalue weighted by atomic mass is 19.4. The largest absolute Gasteiger partial charge is 0.493 e. The van der Waals surface area contributed by atoms with Gasteiger partial charge in [0, 0.05) is 55.5 Å². The van der Waals surface area contributed by atoms with Gasteiger partial charge < -0.3 is 15.0 Å². The molecular weight excluding hydrogens is 474 g/mol. The fraction of sp³-hybridized carbons (Fsp3) is 0.556. The summed E-state index contributed by atoms with van der Waals surface area (Å²) in [5.41, 5.74) is 0.693. The van der Waals surface area contributed by atoms with Crippen molar-refractivity contribution in [1.82, 2.24) is 15.2 Å². The molecule has 0 bridgehead atoms. The van der Waals surface area contributed by atoms with Crippen molar-refractivity contribution in [2.24, 2.45) is 11.3 Å². The number of rotatable bonds is 3. The summed E-state index contributed by atoms with van der Waals surface area (Å²) in [5, 5.41) is 3.70. The van der Waals surface area contributed by atoms with Gasteiger partial charge in [-0.25, -0.2) is 4.39 Å². The first-order chi connectivity index (χ1) is 17.2. The average molecular weight is 504 g/mol. The molecule has 192 valence electrons. The maximum absolute atomic E-state index is 14.0. The lowest BCUT2D eigenvalue weighted by atomic mass is 9.78. The van der Waals surface area contributed by atoms with E-state index >= 15 is 0 Å². The number of fused-ring (bicyclic) bond motifs is 3. The van der Waals surface area contributed by atoms with Crippen molar-refractivity contribution in [3.63, 3.8) is 0 Å². The van der Waals surface area contributed by atoms with E-state index in [1.165, 1.54) is 12.1 Å². The molecule has 36 heavy (non-hydrogen) atoms. The quantitative estimate of drug-likeness (QED) is 0.586. The van der Waals surface area contributed by atoms with Crippen LogP contribution in [0.15, 0.2) is 30.5 Å². The summed E-state index contributed by atoms with van der Waals surface area (Å²) in [4.78, 5) is 19.8. The first-order valence-corrected chi connectivity index (χ1v) is 12.8. The highest BCUT2D eigenvalue weighted by Gasteiger charge is 2.56. The Hall–Kier alpha value is -2.68. The Morgan fingerprint density at radius 1 is 1.22 bits per heavy atom. The zero-order valence-corrected chi connectivity index (χ0v) is 19.9. The van der Waals surface area contributed by atoms with Gasteiger partial charge in [-0.05, 0) is 61.4 Å². The zero-order chi connectivity index (χ0) is 25.1. The fourth-order valence-electron chi connectivity index (χ4n) is 7.01. The standard InChI is InChI=1S/C27H29F4N3O2/c28-19-3-4-24-21(12-19)23(6-9-36-24)33-20-11-17-2-1-7-26(17,13-20)25(35)34-8-5-22-16(15-34)10-18(14-32-22)27(29,30)31/h3-4,10,12,14,17,20,23,33H,1-2,5-9,11,13,15H2/t17-,20-,23+,26-/m1/s1. The topological polar surface area (TPSA) is 54.5 Å². The lowest BCUT2D eigenvalue weighted by molar-refractivity contribution is -0.144. The van der Waals surface area contributed by atoms with Crippen molar-refractivity contribution in [1.29, 1.82) is 0 Å². The van der Waals surface area contributed by atoms with Crippen LogP contribution in [0, 0.1) is 17.2 Å². The lowest BCUT2D eigenvalue weighted by Crippen LogP contribution is -2.47. The smallest absolute Gasteiger partial charge is 0.417 e. The van der Waals surface area contributed by atoms with Crippen molar-refractivity contribution in [2.75, 3.05) is 13.2 Å². The fourth-order valence-corrected chi connectivity index (χ4v) is 7.01. The van der Waals surface area contributed by atoms with E-state index in [2.05, 4.69) is 10.3 Å². The van der Waals surface area contributed by atoms with Crippen LogP contribution in [0.2, 0.25) is 0 Å². The molecule has 4 atom stereocenters. The van der Waals surface area contributed by atoms with Gasteiger partial charge in [-0.15, -0.1) is 0 Å². The molecule has 5 nitrogen and oxygen atoms in total. The second kappa shape index (κ2) is 8.71. The number of amides is 1. The van der Waals surface area contributed by atoms with Gasteiger partial charge in [0.05, 0.1) is 17.6 Å². The van der Waals surface area contributed by atoms with Crippen LogP contribution in [0.5, 0.6) is 5.75 Å². The molecular formula is C27H29F4N3O2. The molecule has 1 amide bonds. The number of hydrogen-bond donors (Lipinski definition) is 1. The van der Waals surface area contributed by atoms with Crippen molar-refractivity contribution < 1.29 is 27.1 Å². The Morgan fingerprint density at radius 3 is 2.92 bits per heavy atom. The summed E-state index contributed by atoms with van der Waals surface area (Å²) >= 11 is 0. The summed E-state index contributed by atoms with van der Waals surface area (Å²) in [6, 6.07) is 5.82. The molecule has 2 aliphatic carbocycles. The van der Waals surface area contributed by atoms with Crippen LogP contribution in [0.25, 0.3) is 0 Å².